The number of H-pyrrole nitrogens is 2. The van der Waals surface area contributed by atoms with Crippen LogP contribution in [-0.4, -0.2) is 21.7 Å². The van der Waals surface area contributed by atoms with Crippen molar-refractivity contribution in [2.75, 3.05) is 11.5 Å². The second-order valence-electron chi connectivity index (χ2n) is 11.2. The Labute approximate surface area is 280 Å². The van der Waals surface area contributed by atoms with E-state index in [1.165, 1.54) is 176 Å². The molecule has 0 bridgehead atoms. The summed E-state index contributed by atoms with van der Waals surface area (Å²) in [5.41, 5.74) is -0.408. The number of aromatic amines is 2. The van der Waals surface area contributed by atoms with Gasteiger partial charge in [0.25, 0.3) is 11.1 Å². The van der Waals surface area contributed by atoms with Crippen LogP contribution in [0.5, 0.6) is 0 Å². The van der Waals surface area contributed by atoms with Crippen LogP contribution in [-0.2, 0) is 0 Å². The standard InChI is InChI=1S/C32H52N2O2S6/c1-3-5-7-9-11-13-15-17-19-21-23-37-29-30(38-24-22-20-18-16-14-12-10-8-6-4-2)42-32(41-29)31-39-25-26(40-31)28(36)34-33-27(25)35/h3-24H2,1-2H3,(H,33,35)(H,34,36). The van der Waals surface area contributed by atoms with Crippen LogP contribution < -0.4 is 11.1 Å². The molecule has 2 aliphatic heterocycles. The third-order valence-corrected chi connectivity index (χ3v) is 16.3. The van der Waals surface area contributed by atoms with Crippen molar-refractivity contribution in [1.29, 1.82) is 0 Å². The molecule has 3 heterocycles. The molecule has 0 saturated carbocycles. The van der Waals surface area contributed by atoms with Crippen molar-refractivity contribution < 1.29 is 0 Å². The van der Waals surface area contributed by atoms with Crippen LogP contribution in [0.25, 0.3) is 0 Å². The van der Waals surface area contributed by atoms with Gasteiger partial charge in [-0.1, -0.05) is 176 Å². The molecule has 0 radical (unpaired) electrons. The van der Waals surface area contributed by atoms with E-state index in [1.807, 2.05) is 47.0 Å². The molecule has 0 spiro atoms. The zero-order chi connectivity index (χ0) is 29.8. The predicted molar refractivity (Wildman–Crippen MR) is 197 cm³/mol. The highest BCUT2D eigenvalue weighted by Gasteiger charge is 2.31. The highest BCUT2D eigenvalue weighted by atomic mass is 32.3. The number of rotatable bonds is 24. The quantitative estimate of drug-likeness (QED) is 0.104. The SMILES string of the molecule is CCCCCCCCCCCCSC1=C(SCCCCCCCCCCCC)SC(=C2Sc3c(c(=O)[nH][nH]c3=O)S2)S1. The summed E-state index contributed by atoms with van der Waals surface area (Å²) in [6, 6.07) is 0. The minimum Gasteiger partial charge on any atom is -0.267 e. The van der Waals surface area contributed by atoms with Gasteiger partial charge in [-0.15, -0.1) is 23.5 Å². The third kappa shape index (κ3) is 13.7. The predicted octanol–water partition coefficient (Wildman–Crippen LogP) is 12.3. The Morgan fingerprint density at radius 1 is 0.452 bits per heavy atom. The Bertz CT molecular complexity index is 1020. The summed E-state index contributed by atoms with van der Waals surface area (Å²) >= 11 is 10.7. The molecule has 0 aromatic carbocycles. The van der Waals surface area contributed by atoms with Gasteiger partial charge in [0.2, 0.25) is 0 Å². The lowest BCUT2D eigenvalue weighted by Gasteiger charge is -2.06. The normalized spacial score (nSPS) is 14.9. The van der Waals surface area contributed by atoms with Crippen molar-refractivity contribution in [2.24, 2.45) is 0 Å². The molecule has 42 heavy (non-hydrogen) atoms. The molecule has 1 aromatic heterocycles. The fourth-order valence-corrected chi connectivity index (χ4v) is 13.7. The highest BCUT2D eigenvalue weighted by molar-refractivity contribution is 8.42. The average molecular weight is 689 g/mol. The van der Waals surface area contributed by atoms with E-state index in [4.69, 9.17) is 0 Å². The summed E-state index contributed by atoms with van der Waals surface area (Å²) in [6.45, 7) is 4.57. The van der Waals surface area contributed by atoms with E-state index in [-0.39, 0.29) is 11.1 Å². The van der Waals surface area contributed by atoms with E-state index in [1.54, 1.807) is 0 Å². The molecule has 0 atom stereocenters. The van der Waals surface area contributed by atoms with Gasteiger partial charge in [-0.3, -0.25) is 19.8 Å². The van der Waals surface area contributed by atoms with Crippen LogP contribution in [0.2, 0.25) is 0 Å². The minimum atomic E-state index is -0.204. The van der Waals surface area contributed by atoms with Gasteiger partial charge >= 0.3 is 0 Å². The molecule has 4 nitrogen and oxygen atoms in total. The molecular weight excluding hydrogens is 637 g/mol. The van der Waals surface area contributed by atoms with Crippen LogP contribution in [0.3, 0.4) is 0 Å². The number of hydrogen-bond acceptors (Lipinski definition) is 8. The molecule has 0 amide bonds. The van der Waals surface area contributed by atoms with Crippen LogP contribution in [0.4, 0.5) is 0 Å². The van der Waals surface area contributed by atoms with E-state index in [0.717, 1.165) is 4.24 Å². The fraction of sp³-hybridized carbons (Fsp3) is 0.750. The Balaban J connectivity index is 1.42. The zero-order valence-corrected chi connectivity index (χ0v) is 30.7. The van der Waals surface area contributed by atoms with Crippen molar-refractivity contribution >= 4 is 70.6 Å². The first-order valence-corrected chi connectivity index (χ1v) is 21.7. The molecule has 10 heteroatoms. The molecule has 1 aromatic rings. The molecule has 3 rings (SSSR count). The van der Waals surface area contributed by atoms with Crippen LogP contribution >= 0.6 is 70.6 Å². The number of thioether (sulfide) groups is 6. The van der Waals surface area contributed by atoms with Gasteiger partial charge in [0.05, 0.1) is 26.7 Å². The average Bonchev–Trinajstić information content (AvgIpc) is 3.62. The number of fused-ring (bicyclic) bond motifs is 1. The van der Waals surface area contributed by atoms with Crippen molar-refractivity contribution in [3.63, 3.8) is 0 Å². The smallest absolute Gasteiger partial charge is 0.267 e. The number of unbranched alkanes of at least 4 members (excludes halogenated alkanes) is 18. The summed E-state index contributed by atoms with van der Waals surface area (Å²) in [4.78, 5) is 25.7. The summed E-state index contributed by atoms with van der Waals surface area (Å²) in [6.07, 6.45) is 27.4. The van der Waals surface area contributed by atoms with Crippen molar-refractivity contribution in [3.8, 4) is 0 Å². The Morgan fingerprint density at radius 2 is 0.762 bits per heavy atom. The van der Waals surface area contributed by atoms with Crippen molar-refractivity contribution in [2.45, 2.75) is 152 Å². The summed E-state index contributed by atoms with van der Waals surface area (Å²) in [5.74, 6) is 2.34. The van der Waals surface area contributed by atoms with Crippen LogP contribution in [0.1, 0.15) is 142 Å². The van der Waals surface area contributed by atoms with E-state index >= 15 is 0 Å². The van der Waals surface area contributed by atoms with E-state index in [0.29, 0.717) is 9.79 Å². The molecule has 0 fully saturated rings. The Kier molecular flexibility index (Phi) is 19.9. The van der Waals surface area contributed by atoms with Gasteiger partial charge < -0.3 is 0 Å². The van der Waals surface area contributed by atoms with Crippen LogP contribution in [0.15, 0.2) is 36.3 Å². The maximum absolute atomic E-state index is 12.3. The topological polar surface area (TPSA) is 65.7 Å². The van der Waals surface area contributed by atoms with Gasteiger partial charge in [0.15, 0.2) is 0 Å². The first-order valence-electron chi connectivity index (χ1n) is 16.4. The lowest BCUT2D eigenvalue weighted by atomic mass is 10.1. The molecule has 0 saturated heterocycles. The molecule has 238 valence electrons. The summed E-state index contributed by atoms with van der Waals surface area (Å²) in [7, 11) is 0. The minimum absolute atomic E-state index is 0.204. The lowest BCUT2D eigenvalue weighted by Crippen LogP contribution is -2.20. The van der Waals surface area contributed by atoms with E-state index in [2.05, 4.69) is 24.0 Å². The van der Waals surface area contributed by atoms with Gasteiger partial charge in [-0.25, -0.2) is 0 Å². The summed E-state index contributed by atoms with van der Waals surface area (Å²) < 4.78 is 5.16. The van der Waals surface area contributed by atoms with Gasteiger partial charge in [0.1, 0.15) is 0 Å². The Morgan fingerprint density at radius 3 is 1.12 bits per heavy atom. The highest BCUT2D eigenvalue weighted by Crippen LogP contribution is 2.63. The Hall–Kier alpha value is 0.260. The lowest BCUT2D eigenvalue weighted by molar-refractivity contribution is 0.563. The summed E-state index contributed by atoms with van der Waals surface area (Å²) in [5, 5.41) is 4.95. The zero-order valence-electron chi connectivity index (χ0n) is 25.8. The van der Waals surface area contributed by atoms with E-state index < -0.39 is 0 Å². The fourth-order valence-electron chi connectivity index (χ4n) is 4.95. The largest absolute Gasteiger partial charge is 0.277 e. The molecule has 2 aliphatic rings. The maximum Gasteiger partial charge on any atom is 0.277 e. The van der Waals surface area contributed by atoms with Gasteiger partial charge in [-0.05, 0) is 24.3 Å². The number of aromatic nitrogens is 2. The van der Waals surface area contributed by atoms with Crippen molar-refractivity contribution in [3.05, 3.63) is 37.7 Å². The first kappa shape index (κ1) is 36.7. The van der Waals surface area contributed by atoms with E-state index in [9.17, 15) is 9.59 Å². The molecule has 0 aliphatic carbocycles. The second-order valence-corrected chi connectivity index (χ2v) is 18.5. The van der Waals surface area contributed by atoms with Gasteiger partial charge in [-0.2, -0.15) is 0 Å². The molecule has 2 N–H and O–H groups in total. The van der Waals surface area contributed by atoms with Gasteiger partial charge in [0, 0.05) is 0 Å². The third-order valence-electron chi connectivity index (χ3n) is 7.46. The first-order chi connectivity index (χ1) is 20.6. The van der Waals surface area contributed by atoms with Crippen molar-refractivity contribution in [1.82, 2.24) is 10.2 Å². The monoisotopic (exact) mass is 688 g/mol. The molecule has 0 unspecified atom stereocenters. The second kappa shape index (κ2) is 22.7. The maximum atomic E-state index is 12.3. The number of nitrogens with one attached hydrogen (secondary N) is 2. The van der Waals surface area contributed by atoms with Crippen LogP contribution in [0, 0.1) is 0 Å². The molecular formula is C32H52N2O2S6. The number of hydrogen-bond donors (Lipinski definition) is 2.